The third-order valence-corrected chi connectivity index (χ3v) is 1.58. The molecule has 0 heterocycles. The second-order valence-electron chi connectivity index (χ2n) is 2.93. The fraction of sp³-hybridized carbons (Fsp3) is 0.556. The predicted octanol–water partition coefficient (Wildman–Crippen LogP) is 2.07. The Balaban J connectivity index is 2.64. The second kappa shape index (κ2) is 3.46. The molecule has 60 valence electrons. The average molecular weight is 150 g/mol. The summed E-state index contributed by atoms with van der Waals surface area (Å²) in [5.41, 5.74) is 1.96. The lowest BCUT2D eigenvalue weighted by Gasteiger charge is -1.95. The number of allylic oxidation sites excluding steroid dienone is 1. The Morgan fingerprint density at radius 1 is 1.55 bits per heavy atom. The van der Waals surface area contributed by atoms with Gasteiger partial charge < -0.3 is 0 Å². The molecular formula is C9H14N2. The van der Waals surface area contributed by atoms with Crippen molar-refractivity contribution in [3.8, 4) is 0 Å². The van der Waals surface area contributed by atoms with Gasteiger partial charge in [0.15, 0.2) is 0 Å². The van der Waals surface area contributed by atoms with E-state index >= 15 is 0 Å². The minimum atomic E-state index is 0.662. The summed E-state index contributed by atoms with van der Waals surface area (Å²) in [6.45, 7) is 5.65. The van der Waals surface area contributed by atoms with E-state index in [0.717, 1.165) is 11.4 Å². The fourth-order valence-electron chi connectivity index (χ4n) is 0.957. The third kappa shape index (κ3) is 2.66. The van der Waals surface area contributed by atoms with Crippen molar-refractivity contribution in [1.82, 2.24) is 0 Å². The molecule has 0 saturated heterocycles. The van der Waals surface area contributed by atoms with E-state index in [1.165, 1.54) is 12.8 Å². The zero-order valence-corrected chi connectivity index (χ0v) is 7.17. The highest BCUT2D eigenvalue weighted by atomic mass is 14.8. The summed E-state index contributed by atoms with van der Waals surface area (Å²) >= 11 is 0. The summed E-state index contributed by atoms with van der Waals surface area (Å²) in [4.78, 5) is 8.25. The topological polar surface area (TPSA) is 24.7 Å². The minimum absolute atomic E-state index is 0.662. The molecule has 0 N–H and O–H groups in total. The van der Waals surface area contributed by atoms with Crippen LogP contribution >= 0.6 is 0 Å². The Kier molecular flexibility index (Phi) is 2.58. The van der Waals surface area contributed by atoms with Gasteiger partial charge in [-0.25, -0.2) is 0 Å². The molecule has 1 rings (SSSR count). The van der Waals surface area contributed by atoms with E-state index in [4.69, 9.17) is 0 Å². The van der Waals surface area contributed by atoms with Gasteiger partial charge in [-0.3, -0.25) is 9.98 Å². The SMILES string of the molecule is C=C(C)N=C(C=NC)C1CC1. The zero-order chi connectivity index (χ0) is 8.27. The van der Waals surface area contributed by atoms with Gasteiger partial charge in [-0.1, -0.05) is 6.58 Å². The largest absolute Gasteiger partial charge is 0.295 e. The first-order valence-corrected chi connectivity index (χ1v) is 3.90. The van der Waals surface area contributed by atoms with Crippen LogP contribution in [0.2, 0.25) is 0 Å². The Morgan fingerprint density at radius 3 is 2.55 bits per heavy atom. The Hall–Kier alpha value is -0.920. The molecule has 0 amide bonds. The van der Waals surface area contributed by atoms with Gasteiger partial charge in [-0.15, -0.1) is 0 Å². The van der Waals surface area contributed by atoms with E-state index < -0.39 is 0 Å². The van der Waals surface area contributed by atoms with Crippen LogP contribution in [0.3, 0.4) is 0 Å². The van der Waals surface area contributed by atoms with Crippen LogP contribution in [0.5, 0.6) is 0 Å². The molecule has 0 spiro atoms. The van der Waals surface area contributed by atoms with Crippen molar-refractivity contribution in [2.75, 3.05) is 7.05 Å². The number of hydrogen-bond donors (Lipinski definition) is 0. The molecule has 0 bridgehead atoms. The molecule has 1 aliphatic rings. The van der Waals surface area contributed by atoms with E-state index in [-0.39, 0.29) is 0 Å². The van der Waals surface area contributed by atoms with Crippen LogP contribution in [0.1, 0.15) is 19.8 Å². The van der Waals surface area contributed by atoms with E-state index in [2.05, 4.69) is 16.6 Å². The van der Waals surface area contributed by atoms with Crippen molar-refractivity contribution in [3.63, 3.8) is 0 Å². The van der Waals surface area contributed by atoms with Crippen molar-refractivity contribution in [1.29, 1.82) is 0 Å². The van der Waals surface area contributed by atoms with Crippen LogP contribution in [0.25, 0.3) is 0 Å². The molecule has 11 heavy (non-hydrogen) atoms. The van der Waals surface area contributed by atoms with E-state index in [9.17, 15) is 0 Å². The van der Waals surface area contributed by atoms with E-state index in [0.29, 0.717) is 5.92 Å². The van der Waals surface area contributed by atoms with Gasteiger partial charge in [0.25, 0.3) is 0 Å². The molecule has 1 fully saturated rings. The van der Waals surface area contributed by atoms with Crippen molar-refractivity contribution >= 4 is 11.9 Å². The highest BCUT2D eigenvalue weighted by molar-refractivity contribution is 6.32. The third-order valence-electron chi connectivity index (χ3n) is 1.58. The van der Waals surface area contributed by atoms with Gasteiger partial charge in [0, 0.05) is 24.9 Å². The first-order valence-electron chi connectivity index (χ1n) is 3.90. The molecule has 2 nitrogen and oxygen atoms in total. The summed E-state index contributed by atoms with van der Waals surface area (Å²) in [7, 11) is 1.77. The van der Waals surface area contributed by atoms with Crippen molar-refractivity contribution < 1.29 is 0 Å². The van der Waals surface area contributed by atoms with Gasteiger partial charge >= 0.3 is 0 Å². The molecule has 0 aliphatic heterocycles. The van der Waals surface area contributed by atoms with Gasteiger partial charge in [-0.05, 0) is 19.8 Å². The predicted molar refractivity (Wildman–Crippen MR) is 49.4 cm³/mol. The monoisotopic (exact) mass is 150 g/mol. The van der Waals surface area contributed by atoms with Gasteiger partial charge in [-0.2, -0.15) is 0 Å². The molecule has 2 heteroatoms. The van der Waals surface area contributed by atoms with E-state index in [1.54, 1.807) is 7.05 Å². The standard InChI is InChI=1S/C9H14N2/c1-7(2)11-9(6-10-3)8-4-5-8/h6,8H,1,4-5H2,2-3H3. The fourth-order valence-corrected chi connectivity index (χ4v) is 0.957. The summed E-state index contributed by atoms with van der Waals surface area (Å²) in [6.07, 6.45) is 4.36. The minimum Gasteiger partial charge on any atom is -0.295 e. The lowest BCUT2D eigenvalue weighted by atomic mass is 10.2. The first kappa shape index (κ1) is 8.18. The summed E-state index contributed by atoms with van der Waals surface area (Å²) in [5.74, 6) is 0.662. The Bertz CT molecular complexity index is 210. The maximum Gasteiger partial charge on any atom is 0.0615 e. The number of hydrogen-bond acceptors (Lipinski definition) is 2. The van der Waals surface area contributed by atoms with Crippen LogP contribution in [0.15, 0.2) is 22.3 Å². The molecule has 0 radical (unpaired) electrons. The normalized spacial score (nSPS) is 19.3. The highest BCUT2D eigenvalue weighted by Crippen LogP contribution is 2.30. The molecule has 0 aromatic carbocycles. The molecule has 0 aromatic heterocycles. The Labute approximate surface area is 67.8 Å². The van der Waals surface area contributed by atoms with E-state index in [1.807, 2.05) is 13.1 Å². The van der Waals surface area contributed by atoms with Crippen LogP contribution < -0.4 is 0 Å². The van der Waals surface area contributed by atoms with Gasteiger partial charge in [0.2, 0.25) is 0 Å². The maximum atomic E-state index is 4.30. The zero-order valence-electron chi connectivity index (χ0n) is 7.17. The molecule has 0 unspecified atom stereocenters. The maximum absolute atomic E-state index is 4.30. The van der Waals surface area contributed by atoms with Crippen LogP contribution in [-0.2, 0) is 0 Å². The van der Waals surface area contributed by atoms with Gasteiger partial charge in [0.05, 0.1) is 5.71 Å². The van der Waals surface area contributed by atoms with Crippen molar-refractivity contribution in [3.05, 3.63) is 12.3 Å². The van der Waals surface area contributed by atoms with Crippen LogP contribution in [0.4, 0.5) is 0 Å². The summed E-state index contributed by atoms with van der Waals surface area (Å²) in [6, 6.07) is 0. The smallest absolute Gasteiger partial charge is 0.0615 e. The summed E-state index contributed by atoms with van der Waals surface area (Å²) in [5, 5.41) is 0. The number of nitrogens with zero attached hydrogens (tertiary/aromatic N) is 2. The lowest BCUT2D eigenvalue weighted by Crippen LogP contribution is -2.02. The molecule has 1 aliphatic carbocycles. The van der Waals surface area contributed by atoms with Crippen molar-refractivity contribution in [2.45, 2.75) is 19.8 Å². The van der Waals surface area contributed by atoms with Crippen LogP contribution in [0, 0.1) is 5.92 Å². The highest BCUT2D eigenvalue weighted by Gasteiger charge is 2.26. The Morgan fingerprint density at radius 2 is 2.18 bits per heavy atom. The first-order chi connectivity index (χ1) is 5.24. The van der Waals surface area contributed by atoms with Gasteiger partial charge in [0.1, 0.15) is 0 Å². The quantitative estimate of drug-likeness (QED) is 0.550. The number of rotatable bonds is 3. The van der Waals surface area contributed by atoms with Crippen LogP contribution in [-0.4, -0.2) is 19.0 Å². The average Bonchev–Trinajstić information content (AvgIpc) is 2.66. The summed E-state index contributed by atoms with van der Waals surface area (Å²) < 4.78 is 0. The molecule has 0 atom stereocenters. The van der Waals surface area contributed by atoms with Crippen molar-refractivity contribution in [2.24, 2.45) is 15.9 Å². The molecule has 0 aromatic rings. The molecule has 1 saturated carbocycles. The lowest BCUT2D eigenvalue weighted by molar-refractivity contribution is 1.18. The number of aliphatic imine (C=N–C) groups is 2. The second-order valence-corrected chi connectivity index (χ2v) is 2.93. The molecular weight excluding hydrogens is 136 g/mol.